The number of ether oxygens (including phenoxy) is 1. The van der Waals surface area contributed by atoms with Crippen LogP contribution < -0.4 is 4.74 Å². The lowest BCUT2D eigenvalue weighted by Gasteiger charge is -2.32. The molecule has 0 N–H and O–H groups in total. The third kappa shape index (κ3) is 3.40. The summed E-state index contributed by atoms with van der Waals surface area (Å²) in [5.41, 5.74) is 1.60. The second-order valence-corrected chi connectivity index (χ2v) is 6.68. The highest BCUT2D eigenvalue weighted by atomic mass is 16.5. The molecule has 1 fully saturated rings. The highest BCUT2D eigenvalue weighted by Gasteiger charge is 2.28. The lowest BCUT2D eigenvalue weighted by molar-refractivity contribution is 0.0501. The van der Waals surface area contributed by atoms with Gasteiger partial charge in [0, 0.05) is 23.7 Å². The normalized spacial score (nSPS) is 17.5. The zero-order valence-corrected chi connectivity index (χ0v) is 14.9. The molecule has 134 valence electrons. The smallest absolute Gasteiger partial charge is 0.289 e. The number of likely N-dealkylation sites (tertiary alicyclic amines) is 1. The van der Waals surface area contributed by atoms with Crippen molar-refractivity contribution in [2.75, 3.05) is 13.1 Å². The molecule has 0 saturated carbocycles. The number of benzene rings is 1. The van der Waals surface area contributed by atoms with Crippen LogP contribution in [0.3, 0.4) is 0 Å². The van der Waals surface area contributed by atoms with Gasteiger partial charge in [0.15, 0.2) is 5.76 Å². The molecule has 6 heteroatoms. The molecule has 1 aromatic carbocycles. The molecule has 1 aliphatic heterocycles. The van der Waals surface area contributed by atoms with Gasteiger partial charge in [-0.25, -0.2) is 4.98 Å². The molecule has 0 radical (unpaired) electrons. The Morgan fingerprint density at radius 2 is 2.08 bits per heavy atom. The number of hydrogen-bond donors (Lipinski definition) is 0. The minimum Gasteiger partial charge on any atom is -0.472 e. The van der Waals surface area contributed by atoms with Crippen LogP contribution in [0, 0.1) is 13.8 Å². The summed E-state index contributed by atoms with van der Waals surface area (Å²) in [6, 6.07) is 11.3. The maximum absolute atomic E-state index is 12.8. The maximum Gasteiger partial charge on any atom is 0.289 e. The number of fused-ring (bicyclic) bond motifs is 1. The molecule has 0 bridgehead atoms. The topological polar surface area (TPSA) is 68.5 Å². The van der Waals surface area contributed by atoms with Crippen molar-refractivity contribution in [3.05, 3.63) is 53.7 Å². The summed E-state index contributed by atoms with van der Waals surface area (Å²) in [4.78, 5) is 23.2. The quantitative estimate of drug-likeness (QED) is 0.722. The van der Waals surface area contributed by atoms with Crippen molar-refractivity contribution in [3.63, 3.8) is 0 Å². The van der Waals surface area contributed by atoms with E-state index in [9.17, 15) is 4.79 Å². The molecule has 1 atom stereocenters. The van der Waals surface area contributed by atoms with Crippen LogP contribution in [0.1, 0.15) is 34.9 Å². The molecular formula is C20H21N3O3. The average Bonchev–Trinajstić information content (AvgIpc) is 3.04. The zero-order chi connectivity index (χ0) is 18.1. The molecule has 1 amide bonds. The van der Waals surface area contributed by atoms with Crippen molar-refractivity contribution in [2.45, 2.75) is 32.8 Å². The lowest BCUT2D eigenvalue weighted by Crippen LogP contribution is -2.44. The van der Waals surface area contributed by atoms with Gasteiger partial charge in [0.2, 0.25) is 5.88 Å². The van der Waals surface area contributed by atoms with Gasteiger partial charge in [-0.1, -0.05) is 18.2 Å². The third-order valence-corrected chi connectivity index (χ3v) is 4.53. The van der Waals surface area contributed by atoms with Crippen LogP contribution in [-0.4, -0.2) is 40.0 Å². The zero-order valence-electron chi connectivity index (χ0n) is 14.9. The largest absolute Gasteiger partial charge is 0.472 e. The van der Waals surface area contributed by atoms with Gasteiger partial charge in [0.25, 0.3) is 5.91 Å². The highest BCUT2D eigenvalue weighted by Crippen LogP contribution is 2.23. The number of nitrogens with zero attached hydrogens (tertiary/aromatic N) is 3. The van der Waals surface area contributed by atoms with Crippen molar-refractivity contribution in [1.29, 1.82) is 0 Å². The molecule has 1 aliphatic rings. The van der Waals surface area contributed by atoms with Crippen LogP contribution in [0.2, 0.25) is 0 Å². The minimum atomic E-state index is -0.0930. The van der Waals surface area contributed by atoms with Crippen LogP contribution in [0.25, 0.3) is 11.0 Å². The van der Waals surface area contributed by atoms with E-state index in [4.69, 9.17) is 9.15 Å². The van der Waals surface area contributed by atoms with Gasteiger partial charge >= 0.3 is 0 Å². The Morgan fingerprint density at radius 3 is 2.88 bits per heavy atom. The lowest BCUT2D eigenvalue weighted by atomic mass is 10.1. The highest BCUT2D eigenvalue weighted by molar-refractivity contribution is 5.96. The first-order chi connectivity index (χ1) is 12.6. The Bertz CT molecular complexity index is 897. The Hall–Kier alpha value is -2.89. The Morgan fingerprint density at radius 1 is 1.23 bits per heavy atom. The molecule has 4 rings (SSSR count). The number of piperidine rings is 1. The first kappa shape index (κ1) is 16.6. The van der Waals surface area contributed by atoms with E-state index in [1.165, 1.54) is 0 Å². The van der Waals surface area contributed by atoms with Gasteiger partial charge in [-0.3, -0.25) is 4.79 Å². The molecule has 0 spiro atoms. The predicted octanol–water partition coefficient (Wildman–Crippen LogP) is 3.52. The van der Waals surface area contributed by atoms with E-state index in [2.05, 4.69) is 9.97 Å². The fourth-order valence-electron chi connectivity index (χ4n) is 3.38. The maximum atomic E-state index is 12.8. The van der Waals surface area contributed by atoms with E-state index < -0.39 is 0 Å². The number of hydrogen-bond acceptors (Lipinski definition) is 5. The minimum absolute atomic E-state index is 0.0780. The van der Waals surface area contributed by atoms with E-state index >= 15 is 0 Å². The van der Waals surface area contributed by atoms with Gasteiger partial charge in [-0.15, -0.1) is 0 Å². The number of carbonyl (C=O) groups excluding carboxylic acids is 1. The van der Waals surface area contributed by atoms with E-state index in [0.29, 0.717) is 30.6 Å². The molecule has 26 heavy (non-hydrogen) atoms. The van der Waals surface area contributed by atoms with Gasteiger partial charge in [-0.05, 0) is 38.8 Å². The monoisotopic (exact) mass is 351 g/mol. The number of aryl methyl sites for hydroxylation is 2. The summed E-state index contributed by atoms with van der Waals surface area (Å²) in [5, 5.41) is 0.938. The third-order valence-electron chi connectivity index (χ3n) is 4.53. The van der Waals surface area contributed by atoms with Gasteiger partial charge in [0.05, 0.1) is 6.54 Å². The van der Waals surface area contributed by atoms with E-state index in [1.807, 2.05) is 44.2 Å². The fraction of sp³-hybridized carbons (Fsp3) is 0.350. The first-order valence-corrected chi connectivity index (χ1v) is 8.85. The molecular weight excluding hydrogens is 330 g/mol. The average molecular weight is 351 g/mol. The first-order valence-electron chi connectivity index (χ1n) is 8.85. The van der Waals surface area contributed by atoms with Crippen LogP contribution in [0.4, 0.5) is 0 Å². The summed E-state index contributed by atoms with van der Waals surface area (Å²) in [6.07, 6.45) is 1.71. The molecule has 6 nitrogen and oxygen atoms in total. The molecule has 3 aromatic rings. The predicted molar refractivity (Wildman–Crippen MR) is 97.3 cm³/mol. The summed E-state index contributed by atoms with van der Waals surface area (Å²) in [5.74, 6) is 1.54. The summed E-state index contributed by atoms with van der Waals surface area (Å²) >= 11 is 0. The number of amides is 1. The van der Waals surface area contributed by atoms with Gasteiger partial charge in [0.1, 0.15) is 17.5 Å². The summed E-state index contributed by atoms with van der Waals surface area (Å²) in [6.45, 7) is 4.99. The number of furan rings is 1. The number of carbonyl (C=O) groups is 1. The standard InChI is InChI=1S/C20H21N3O3/c1-13-10-19(22-14(2)21-13)25-16-7-5-9-23(12-16)20(24)18-11-15-6-3-4-8-17(15)26-18/h3-4,6,8,10-11,16H,5,7,9,12H2,1-2H3. The van der Waals surface area contributed by atoms with E-state index in [1.54, 1.807) is 11.0 Å². The van der Waals surface area contributed by atoms with Crippen LogP contribution in [0.5, 0.6) is 5.88 Å². The van der Waals surface area contributed by atoms with Crippen LogP contribution in [0.15, 0.2) is 40.8 Å². The van der Waals surface area contributed by atoms with Gasteiger partial charge < -0.3 is 14.1 Å². The SMILES string of the molecule is Cc1cc(OC2CCCN(C(=O)c3cc4ccccc4o3)C2)nc(C)n1. The molecule has 3 heterocycles. The van der Waals surface area contributed by atoms with Crippen molar-refractivity contribution in [1.82, 2.24) is 14.9 Å². The Balaban J connectivity index is 1.48. The second-order valence-electron chi connectivity index (χ2n) is 6.68. The van der Waals surface area contributed by atoms with Crippen molar-refractivity contribution in [3.8, 4) is 5.88 Å². The molecule has 1 unspecified atom stereocenters. The second kappa shape index (κ2) is 6.78. The summed E-state index contributed by atoms with van der Waals surface area (Å²) < 4.78 is 11.7. The number of aromatic nitrogens is 2. The van der Waals surface area contributed by atoms with Gasteiger partial charge in [-0.2, -0.15) is 4.98 Å². The molecule has 0 aliphatic carbocycles. The van der Waals surface area contributed by atoms with Crippen molar-refractivity contribution < 1.29 is 13.9 Å². The molecule has 1 saturated heterocycles. The van der Waals surface area contributed by atoms with Crippen molar-refractivity contribution >= 4 is 16.9 Å². The van der Waals surface area contributed by atoms with Crippen LogP contribution >= 0.6 is 0 Å². The van der Waals surface area contributed by atoms with Crippen molar-refractivity contribution in [2.24, 2.45) is 0 Å². The van der Waals surface area contributed by atoms with Crippen LogP contribution in [-0.2, 0) is 0 Å². The Kier molecular flexibility index (Phi) is 4.32. The number of rotatable bonds is 3. The fourth-order valence-corrected chi connectivity index (χ4v) is 3.38. The van der Waals surface area contributed by atoms with E-state index in [-0.39, 0.29) is 12.0 Å². The Labute approximate surface area is 151 Å². The summed E-state index contributed by atoms with van der Waals surface area (Å²) in [7, 11) is 0. The molecule has 2 aromatic heterocycles. The number of para-hydroxylation sites is 1. The van der Waals surface area contributed by atoms with E-state index in [0.717, 1.165) is 29.5 Å².